The highest BCUT2D eigenvalue weighted by Crippen LogP contribution is 2.38. The molecule has 1 aliphatic carbocycles. The number of pyridine rings is 3. The topological polar surface area (TPSA) is 64.5 Å². The molecule has 5 heteroatoms. The summed E-state index contributed by atoms with van der Waals surface area (Å²) in [5.74, 6) is 0.668. The molecular weight excluding hydrogens is 731 g/mol. The smallest absolute Gasteiger partial charge is 0.160 e. The molecule has 5 nitrogen and oxygen atoms in total. The molecule has 0 atom stereocenters. The van der Waals surface area contributed by atoms with Crippen LogP contribution in [-0.4, -0.2) is 24.9 Å². The molecule has 0 unspecified atom stereocenters. The Hall–Kier alpha value is -7.89. The molecule has 282 valence electrons. The minimum absolute atomic E-state index is 0.668. The van der Waals surface area contributed by atoms with Gasteiger partial charge in [-0.1, -0.05) is 158 Å². The Morgan fingerprint density at radius 1 is 0.383 bits per heavy atom. The van der Waals surface area contributed by atoms with Crippen molar-refractivity contribution >= 4 is 38.3 Å². The molecule has 0 radical (unpaired) electrons. The molecule has 60 heavy (non-hydrogen) atoms. The molecule has 0 amide bonds. The van der Waals surface area contributed by atoms with Crippen LogP contribution in [0.3, 0.4) is 0 Å². The van der Waals surface area contributed by atoms with Gasteiger partial charge in [0.2, 0.25) is 0 Å². The lowest BCUT2D eigenvalue weighted by Gasteiger charge is -2.16. The highest BCUT2D eigenvalue weighted by molar-refractivity contribution is 6.08. The highest BCUT2D eigenvalue weighted by atomic mass is 14.9. The van der Waals surface area contributed by atoms with Gasteiger partial charge in [-0.15, -0.1) is 0 Å². The summed E-state index contributed by atoms with van der Waals surface area (Å²) in [4.78, 5) is 25.8. The van der Waals surface area contributed by atoms with Crippen molar-refractivity contribution in [1.82, 2.24) is 24.9 Å². The second-order valence-corrected chi connectivity index (χ2v) is 15.2. The van der Waals surface area contributed by atoms with E-state index in [0.29, 0.717) is 5.82 Å². The summed E-state index contributed by atoms with van der Waals surface area (Å²) in [5.41, 5.74) is 16.0. The maximum atomic E-state index is 5.44. The van der Waals surface area contributed by atoms with Gasteiger partial charge < -0.3 is 0 Å². The Morgan fingerprint density at radius 2 is 1.00 bits per heavy atom. The standard InChI is InChI=1S/C55H37N5/c1-4-14-36(15-5-1)47-34-49(58-54-46(47)29-27-39-28-30-48(57-53(39)54)37-16-6-2-7-17-37)43-23-11-24-44(33-43)51-35-50(59-55(60-51)40-18-8-3-9-19-40)42-22-10-21-41(32-42)45-26-12-20-38-25-13-31-56-52(38)45/h1-4,6-14,16-35H,5,15H2. The van der Waals surface area contributed by atoms with Gasteiger partial charge in [0.1, 0.15) is 0 Å². The first-order chi connectivity index (χ1) is 29.7. The van der Waals surface area contributed by atoms with Gasteiger partial charge >= 0.3 is 0 Å². The molecule has 0 aliphatic heterocycles. The number of hydrogen-bond donors (Lipinski definition) is 0. The van der Waals surface area contributed by atoms with Crippen LogP contribution in [0, 0.1) is 0 Å². The van der Waals surface area contributed by atoms with E-state index in [2.05, 4.69) is 164 Å². The third kappa shape index (κ3) is 6.62. The van der Waals surface area contributed by atoms with Gasteiger partial charge in [-0.2, -0.15) is 0 Å². The normalized spacial score (nSPS) is 12.6. The molecule has 0 spiro atoms. The minimum atomic E-state index is 0.668. The number of aromatic nitrogens is 5. The van der Waals surface area contributed by atoms with Gasteiger partial charge in [0, 0.05) is 55.7 Å². The van der Waals surface area contributed by atoms with Gasteiger partial charge in [-0.05, 0) is 65.9 Å². The average molecular weight is 768 g/mol. The van der Waals surface area contributed by atoms with Crippen molar-refractivity contribution in [1.29, 1.82) is 0 Å². The molecular formula is C55H37N5. The van der Waals surface area contributed by atoms with E-state index < -0.39 is 0 Å². The minimum Gasteiger partial charge on any atom is -0.256 e. The fraction of sp³-hybridized carbons (Fsp3) is 0.0364. The molecule has 4 aromatic heterocycles. The lowest BCUT2D eigenvalue weighted by molar-refractivity contribution is 1.06. The van der Waals surface area contributed by atoms with Crippen LogP contribution in [0.4, 0.5) is 0 Å². The highest BCUT2D eigenvalue weighted by Gasteiger charge is 2.18. The van der Waals surface area contributed by atoms with E-state index >= 15 is 0 Å². The van der Waals surface area contributed by atoms with Crippen molar-refractivity contribution in [3.8, 4) is 67.5 Å². The lowest BCUT2D eigenvalue weighted by atomic mass is 9.92. The number of hydrogen-bond acceptors (Lipinski definition) is 5. The monoisotopic (exact) mass is 767 g/mol. The fourth-order valence-corrected chi connectivity index (χ4v) is 8.36. The van der Waals surface area contributed by atoms with Crippen LogP contribution in [0.5, 0.6) is 0 Å². The van der Waals surface area contributed by atoms with Crippen molar-refractivity contribution in [2.45, 2.75) is 12.8 Å². The van der Waals surface area contributed by atoms with Crippen LogP contribution in [0.2, 0.25) is 0 Å². The molecule has 4 heterocycles. The third-order valence-corrected chi connectivity index (χ3v) is 11.4. The van der Waals surface area contributed by atoms with Gasteiger partial charge in [-0.3, -0.25) is 4.98 Å². The summed E-state index contributed by atoms with van der Waals surface area (Å²) in [5, 5.41) is 3.28. The maximum Gasteiger partial charge on any atom is 0.160 e. The van der Waals surface area contributed by atoms with Crippen LogP contribution < -0.4 is 0 Å². The van der Waals surface area contributed by atoms with Gasteiger partial charge in [0.15, 0.2) is 5.82 Å². The molecule has 10 aromatic rings. The molecule has 11 rings (SSSR count). The van der Waals surface area contributed by atoms with E-state index in [0.717, 1.165) is 107 Å². The number of para-hydroxylation sites is 1. The zero-order valence-corrected chi connectivity index (χ0v) is 32.7. The van der Waals surface area contributed by atoms with Crippen LogP contribution in [0.15, 0.2) is 200 Å². The first-order valence-electron chi connectivity index (χ1n) is 20.4. The third-order valence-electron chi connectivity index (χ3n) is 11.4. The Morgan fingerprint density at radius 3 is 1.75 bits per heavy atom. The first-order valence-corrected chi connectivity index (χ1v) is 20.4. The fourth-order valence-electron chi connectivity index (χ4n) is 8.36. The second kappa shape index (κ2) is 15.1. The Labute approximate surface area is 348 Å². The lowest BCUT2D eigenvalue weighted by Crippen LogP contribution is -1.98. The van der Waals surface area contributed by atoms with Crippen LogP contribution in [0.25, 0.3) is 106 Å². The van der Waals surface area contributed by atoms with Crippen LogP contribution in [-0.2, 0) is 0 Å². The Bertz CT molecular complexity index is 3310. The molecule has 0 saturated heterocycles. The SMILES string of the molecule is C1=CCCC(c2cc(-c3cccc(-c4cc(-c5cccc(-c6cccc7cccnc67)c5)nc(-c5ccccc5)n4)c3)nc3c2ccc2ccc(-c4ccccc4)nc23)=C1. The summed E-state index contributed by atoms with van der Waals surface area (Å²) < 4.78 is 0. The molecule has 0 fully saturated rings. The number of nitrogens with zero attached hydrogens (tertiary/aromatic N) is 5. The van der Waals surface area contributed by atoms with E-state index in [1.165, 1.54) is 11.1 Å². The van der Waals surface area contributed by atoms with E-state index in [-0.39, 0.29) is 0 Å². The van der Waals surface area contributed by atoms with E-state index in [1.54, 1.807) is 0 Å². The number of benzene rings is 6. The van der Waals surface area contributed by atoms with Crippen molar-refractivity contribution in [3.05, 3.63) is 206 Å². The summed E-state index contributed by atoms with van der Waals surface area (Å²) in [7, 11) is 0. The molecule has 1 aliphatic rings. The first kappa shape index (κ1) is 35.3. The van der Waals surface area contributed by atoms with Gasteiger partial charge in [0.25, 0.3) is 0 Å². The van der Waals surface area contributed by atoms with Crippen molar-refractivity contribution < 1.29 is 0 Å². The van der Waals surface area contributed by atoms with Gasteiger partial charge in [-0.25, -0.2) is 19.9 Å². The predicted molar refractivity (Wildman–Crippen MR) is 247 cm³/mol. The van der Waals surface area contributed by atoms with Crippen LogP contribution >= 0.6 is 0 Å². The zero-order valence-electron chi connectivity index (χ0n) is 32.7. The number of fused-ring (bicyclic) bond motifs is 4. The summed E-state index contributed by atoms with van der Waals surface area (Å²) in [6.07, 6.45) is 10.5. The summed E-state index contributed by atoms with van der Waals surface area (Å²) >= 11 is 0. The Balaban J connectivity index is 1.07. The number of allylic oxidation sites excluding steroid dienone is 4. The van der Waals surface area contributed by atoms with E-state index in [1.807, 2.05) is 36.5 Å². The predicted octanol–water partition coefficient (Wildman–Crippen LogP) is 13.9. The molecule has 0 N–H and O–H groups in total. The Kier molecular flexibility index (Phi) is 8.90. The largest absolute Gasteiger partial charge is 0.256 e. The average Bonchev–Trinajstić information content (AvgIpc) is 3.34. The second-order valence-electron chi connectivity index (χ2n) is 15.2. The number of rotatable bonds is 7. The summed E-state index contributed by atoms with van der Waals surface area (Å²) in [6.45, 7) is 0. The van der Waals surface area contributed by atoms with E-state index in [9.17, 15) is 0 Å². The van der Waals surface area contributed by atoms with Crippen molar-refractivity contribution in [2.24, 2.45) is 0 Å². The maximum absolute atomic E-state index is 5.44. The van der Waals surface area contributed by atoms with Gasteiger partial charge in [0.05, 0.1) is 39.3 Å². The van der Waals surface area contributed by atoms with Crippen molar-refractivity contribution in [2.75, 3.05) is 0 Å². The van der Waals surface area contributed by atoms with Crippen LogP contribution in [0.1, 0.15) is 18.4 Å². The molecule has 0 bridgehead atoms. The quantitative estimate of drug-likeness (QED) is 0.151. The van der Waals surface area contributed by atoms with Crippen molar-refractivity contribution in [3.63, 3.8) is 0 Å². The van der Waals surface area contributed by atoms with E-state index in [4.69, 9.17) is 24.9 Å². The molecule has 0 saturated carbocycles. The zero-order chi connectivity index (χ0) is 39.8. The summed E-state index contributed by atoms with van der Waals surface area (Å²) in [6, 6.07) is 61.1. The molecule has 6 aromatic carbocycles.